The molecule has 1 heterocycles. The van der Waals surface area contributed by atoms with Gasteiger partial charge in [0.1, 0.15) is 0 Å². The fourth-order valence-electron chi connectivity index (χ4n) is 4.06. The molecule has 2 fully saturated rings. The standard InChI is InChI=1S/C16H31NO2/c1-14(2,3)13-5-8-16(18,9-6-13)15(11-17)7-4-10-19-12-15/h13,18H,4-12,17H2,1-3H3. The first-order chi connectivity index (χ1) is 8.83. The third-order valence-corrected chi connectivity index (χ3v) is 5.74. The van der Waals surface area contributed by atoms with Crippen molar-refractivity contribution >= 4 is 0 Å². The van der Waals surface area contributed by atoms with Crippen LogP contribution in [-0.2, 0) is 4.74 Å². The van der Waals surface area contributed by atoms with Gasteiger partial charge in [-0.05, 0) is 49.9 Å². The van der Waals surface area contributed by atoms with Crippen molar-refractivity contribution in [3.05, 3.63) is 0 Å². The summed E-state index contributed by atoms with van der Waals surface area (Å²) >= 11 is 0. The Kier molecular flexibility index (Phi) is 4.29. The van der Waals surface area contributed by atoms with Crippen molar-refractivity contribution in [1.29, 1.82) is 0 Å². The van der Waals surface area contributed by atoms with E-state index in [9.17, 15) is 5.11 Å². The predicted octanol–water partition coefficient (Wildman–Crippen LogP) is 2.71. The predicted molar refractivity (Wildman–Crippen MR) is 77.9 cm³/mol. The van der Waals surface area contributed by atoms with Crippen molar-refractivity contribution in [1.82, 2.24) is 0 Å². The average molecular weight is 269 g/mol. The molecule has 0 amide bonds. The summed E-state index contributed by atoms with van der Waals surface area (Å²) in [6, 6.07) is 0. The highest BCUT2D eigenvalue weighted by molar-refractivity contribution is 5.03. The normalized spacial score (nSPS) is 41.2. The van der Waals surface area contributed by atoms with Gasteiger partial charge in [0.2, 0.25) is 0 Å². The van der Waals surface area contributed by atoms with E-state index >= 15 is 0 Å². The van der Waals surface area contributed by atoms with Crippen LogP contribution >= 0.6 is 0 Å². The van der Waals surface area contributed by atoms with E-state index in [2.05, 4.69) is 20.8 Å². The molecule has 1 atom stereocenters. The molecule has 112 valence electrons. The van der Waals surface area contributed by atoms with Gasteiger partial charge in [-0.25, -0.2) is 0 Å². The second-order valence-electron chi connectivity index (χ2n) is 7.81. The Labute approximate surface area is 117 Å². The smallest absolute Gasteiger partial charge is 0.0738 e. The van der Waals surface area contributed by atoms with E-state index in [0.29, 0.717) is 24.5 Å². The molecule has 0 spiro atoms. The summed E-state index contributed by atoms with van der Waals surface area (Å²) in [5.74, 6) is 0.715. The van der Waals surface area contributed by atoms with E-state index in [0.717, 1.165) is 45.1 Å². The lowest BCUT2D eigenvalue weighted by Gasteiger charge is -2.53. The van der Waals surface area contributed by atoms with E-state index in [4.69, 9.17) is 10.5 Å². The maximum Gasteiger partial charge on any atom is 0.0738 e. The van der Waals surface area contributed by atoms with Gasteiger partial charge in [0.05, 0.1) is 12.2 Å². The summed E-state index contributed by atoms with van der Waals surface area (Å²) in [6.45, 7) is 8.94. The molecular formula is C16H31NO2. The zero-order valence-electron chi connectivity index (χ0n) is 12.9. The quantitative estimate of drug-likeness (QED) is 0.810. The first-order valence-electron chi connectivity index (χ1n) is 7.83. The Hall–Kier alpha value is -0.120. The third kappa shape index (κ3) is 2.84. The van der Waals surface area contributed by atoms with Gasteiger partial charge in [-0.1, -0.05) is 20.8 Å². The Balaban J connectivity index is 2.08. The van der Waals surface area contributed by atoms with Crippen LogP contribution in [0.2, 0.25) is 0 Å². The molecule has 0 aromatic rings. The van der Waals surface area contributed by atoms with Gasteiger partial charge in [-0.3, -0.25) is 0 Å². The first-order valence-corrected chi connectivity index (χ1v) is 7.83. The molecule has 0 aromatic heterocycles. The lowest BCUT2D eigenvalue weighted by atomic mass is 9.58. The average Bonchev–Trinajstić information content (AvgIpc) is 2.39. The van der Waals surface area contributed by atoms with Gasteiger partial charge in [0, 0.05) is 18.6 Å². The van der Waals surface area contributed by atoms with Crippen LogP contribution < -0.4 is 5.73 Å². The van der Waals surface area contributed by atoms with Gasteiger partial charge in [-0.15, -0.1) is 0 Å². The molecule has 2 rings (SSSR count). The highest BCUT2D eigenvalue weighted by Crippen LogP contribution is 2.50. The SMILES string of the molecule is CC(C)(C)C1CCC(O)(C2(CN)CCCOC2)CC1. The summed E-state index contributed by atoms with van der Waals surface area (Å²) < 4.78 is 5.65. The van der Waals surface area contributed by atoms with E-state index in [-0.39, 0.29) is 5.41 Å². The van der Waals surface area contributed by atoms with Crippen LogP contribution in [0.15, 0.2) is 0 Å². The Morgan fingerprint density at radius 1 is 1.21 bits per heavy atom. The van der Waals surface area contributed by atoms with E-state index in [1.165, 1.54) is 0 Å². The zero-order chi connectivity index (χ0) is 14.1. The summed E-state index contributed by atoms with van der Waals surface area (Å²) in [6.07, 6.45) is 6.04. The van der Waals surface area contributed by atoms with Crippen molar-refractivity contribution in [2.75, 3.05) is 19.8 Å². The monoisotopic (exact) mass is 269 g/mol. The van der Waals surface area contributed by atoms with Crippen molar-refractivity contribution in [2.24, 2.45) is 22.5 Å². The molecule has 3 N–H and O–H groups in total. The lowest BCUT2D eigenvalue weighted by Crippen LogP contribution is -2.58. The van der Waals surface area contributed by atoms with Crippen molar-refractivity contribution in [3.63, 3.8) is 0 Å². The number of nitrogens with two attached hydrogens (primary N) is 1. The molecule has 1 aliphatic heterocycles. The molecule has 0 radical (unpaired) electrons. The lowest BCUT2D eigenvalue weighted by molar-refractivity contribution is -0.167. The van der Waals surface area contributed by atoms with Gasteiger partial charge >= 0.3 is 0 Å². The molecule has 2 aliphatic rings. The topological polar surface area (TPSA) is 55.5 Å². The molecule has 1 saturated carbocycles. The van der Waals surface area contributed by atoms with Crippen molar-refractivity contribution in [2.45, 2.75) is 64.9 Å². The molecule has 0 aromatic carbocycles. The van der Waals surface area contributed by atoms with Gasteiger partial charge in [0.15, 0.2) is 0 Å². The maximum atomic E-state index is 11.2. The molecule has 1 unspecified atom stereocenters. The molecule has 0 bridgehead atoms. The Morgan fingerprint density at radius 3 is 2.26 bits per heavy atom. The molecular weight excluding hydrogens is 238 g/mol. The van der Waals surface area contributed by atoms with Crippen LogP contribution in [0, 0.1) is 16.7 Å². The Bertz CT molecular complexity index is 294. The second-order valence-corrected chi connectivity index (χ2v) is 7.81. The van der Waals surface area contributed by atoms with Gasteiger partial charge in [-0.2, -0.15) is 0 Å². The Morgan fingerprint density at radius 2 is 1.84 bits per heavy atom. The van der Waals surface area contributed by atoms with E-state index < -0.39 is 5.60 Å². The highest BCUT2D eigenvalue weighted by Gasteiger charge is 2.52. The number of ether oxygens (including phenoxy) is 1. The van der Waals surface area contributed by atoms with Crippen LogP contribution in [-0.4, -0.2) is 30.5 Å². The maximum absolute atomic E-state index is 11.2. The number of rotatable bonds is 2. The van der Waals surface area contributed by atoms with Crippen LogP contribution in [0.4, 0.5) is 0 Å². The minimum Gasteiger partial charge on any atom is -0.389 e. The fourth-order valence-corrected chi connectivity index (χ4v) is 4.06. The molecule has 3 nitrogen and oxygen atoms in total. The molecule has 3 heteroatoms. The van der Waals surface area contributed by atoms with Crippen LogP contribution in [0.1, 0.15) is 59.3 Å². The number of hydrogen-bond acceptors (Lipinski definition) is 3. The van der Waals surface area contributed by atoms with Crippen LogP contribution in [0.25, 0.3) is 0 Å². The zero-order valence-corrected chi connectivity index (χ0v) is 12.9. The minimum atomic E-state index is -0.607. The van der Waals surface area contributed by atoms with Gasteiger partial charge < -0.3 is 15.6 Å². The largest absolute Gasteiger partial charge is 0.389 e. The number of aliphatic hydroxyl groups is 1. The van der Waals surface area contributed by atoms with Crippen molar-refractivity contribution in [3.8, 4) is 0 Å². The van der Waals surface area contributed by atoms with Crippen LogP contribution in [0.3, 0.4) is 0 Å². The summed E-state index contributed by atoms with van der Waals surface area (Å²) in [5.41, 5.74) is 5.57. The summed E-state index contributed by atoms with van der Waals surface area (Å²) in [4.78, 5) is 0. The van der Waals surface area contributed by atoms with E-state index in [1.54, 1.807) is 0 Å². The van der Waals surface area contributed by atoms with Crippen LogP contribution in [0.5, 0.6) is 0 Å². The molecule has 19 heavy (non-hydrogen) atoms. The van der Waals surface area contributed by atoms with E-state index in [1.807, 2.05) is 0 Å². The summed E-state index contributed by atoms with van der Waals surface area (Å²) in [5, 5.41) is 11.2. The first kappa shape index (κ1) is 15.3. The second kappa shape index (κ2) is 5.34. The highest BCUT2D eigenvalue weighted by atomic mass is 16.5. The van der Waals surface area contributed by atoms with Gasteiger partial charge in [0.25, 0.3) is 0 Å². The minimum absolute atomic E-state index is 0.200. The fraction of sp³-hybridized carbons (Fsp3) is 1.00. The summed E-state index contributed by atoms with van der Waals surface area (Å²) in [7, 11) is 0. The molecule has 1 aliphatic carbocycles. The van der Waals surface area contributed by atoms with Crippen molar-refractivity contribution < 1.29 is 9.84 Å². The number of hydrogen-bond donors (Lipinski definition) is 2. The third-order valence-electron chi connectivity index (χ3n) is 5.74. The molecule has 1 saturated heterocycles.